The van der Waals surface area contributed by atoms with Crippen LogP contribution in [-0.2, 0) is 10.0 Å². The number of thiophene rings is 1. The molecule has 0 saturated heterocycles. The Labute approximate surface area is 92.1 Å². The first-order valence-electron chi connectivity index (χ1n) is 3.69. The smallest absolute Gasteiger partial charge is 0.206 e. The standard InChI is InChI=1S/C8H8ClNO2S2/c1-3-6(2)10-14(11,12)8-5-4-7(9)13-8/h1,4-6,10H,2H3/t6-/m1/s1. The highest BCUT2D eigenvalue weighted by molar-refractivity contribution is 7.91. The fraction of sp³-hybridized carbons (Fsp3) is 0.250. The molecule has 1 rings (SSSR count). The van der Waals surface area contributed by atoms with E-state index in [4.69, 9.17) is 18.0 Å². The van der Waals surface area contributed by atoms with Crippen molar-refractivity contribution < 1.29 is 8.42 Å². The Bertz CT molecular complexity index is 458. The summed E-state index contributed by atoms with van der Waals surface area (Å²) in [6.07, 6.45) is 5.06. The number of rotatable bonds is 3. The summed E-state index contributed by atoms with van der Waals surface area (Å²) in [7, 11) is -3.51. The minimum absolute atomic E-state index is 0.171. The summed E-state index contributed by atoms with van der Waals surface area (Å²) in [5, 5.41) is 0. The third-order valence-electron chi connectivity index (χ3n) is 1.40. The summed E-state index contributed by atoms with van der Waals surface area (Å²) < 4.78 is 26.0. The summed E-state index contributed by atoms with van der Waals surface area (Å²) >= 11 is 6.62. The van der Waals surface area contributed by atoms with Crippen molar-refractivity contribution in [3.8, 4) is 12.3 Å². The van der Waals surface area contributed by atoms with Crippen molar-refractivity contribution in [2.45, 2.75) is 17.2 Å². The highest BCUT2D eigenvalue weighted by Gasteiger charge is 2.17. The quantitative estimate of drug-likeness (QED) is 0.829. The maximum Gasteiger partial charge on any atom is 0.251 e. The lowest BCUT2D eigenvalue weighted by Crippen LogP contribution is -2.30. The van der Waals surface area contributed by atoms with Gasteiger partial charge in [0.05, 0.1) is 10.4 Å². The van der Waals surface area contributed by atoms with Crippen LogP contribution in [0.4, 0.5) is 0 Å². The first-order chi connectivity index (χ1) is 6.45. The molecule has 0 aliphatic rings. The zero-order valence-electron chi connectivity index (χ0n) is 7.32. The Morgan fingerprint density at radius 2 is 2.29 bits per heavy atom. The molecule has 6 heteroatoms. The van der Waals surface area contributed by atoms with E-state index < -0.39 is 16.1 Å². The third kappa shape index (κ3) is 2.72. The monoisotopic (exact) mass is 249 g/mol. The second kappa shape index (κ2) is 4.32. The molecule has 0 bridgehead atoms. The minimum atomic E-state index is -3.51. The maximum atomic E-state index is 11.6. The van der Waals surface area contributed by atoms with Gasteiger partial charge in [0.1, 0.15) is 4.21 Å². The highest BCUT2D eigenvalue weighted by atomic mass is 35.5. The van der Waals surface area contributed by atoms with Crippen LogP contribution in [0.5, 0.6) is 0 Å². The molecule has 0 amide bonds. The van der Waals surface area contributed by atoms with Gasteiger partial charge in [0.25, 0.3) is 10.0 Å². The predicted molar refractivity (Wildman–Crippen MR) is 57.9 cm³/mol. The van der Waals surface area contributed by atoms with E-state index in [-0.39, 0.29) is 4.21 Å². The van der Waals surface area contributed by atoms with Crippen LogP contribution in [0.2, 0.25) is 4.34 Å². The molecule has 0 spiro atoms. The van der Waals surface area contributed by atoms with E-state index >= 15 is 0 Å². The lowest BCUT2D eigenvalue weighted by Gasteiger charge is -2.06. The molecular formula is C8H8ClNO2S2. The van der Waals surface area contributed by atoms with Crippen LogP contribution in [0.3, 0.4) is 0 Å². The molecule has 1 N–H and O–H groups in total. The van der Waals surface area contributed by atoms with E-state index in [2.05, 4.69) is 10.6 Å². The summed E-state index contributed by atoms with van der Waals surface area (Å²) in [6, 6.07) is 2.45. The molecular weight excluding hydrogens is 242 g/mol. The molecule has 1 aromatic rings. The van der Waals surface area contributed by atoms with Gasteiger partial charge in [-0.2, -0.15) is 4.72 Å². The van der Waals surface area contributed by atoms with Crippen molar-refractivity contribution in [1.82, 2.24) is 4.72 Å². The zero-order valence-corrected chi connectivity index (χ0v) is 9.71. The second-order valence-corrected chi connectivity index (χ2v) is 6.22. The van der Waals surface area contributed by atoms with Gasteiger partial charge in [-0.3, -0.25) is 0 Å². The van der Waals surface area contributed by atoms with Crippen LogP contribution >= 0.6 is 22.9 Å². The Kier molecular flexibility index (Phi) is 3.56. The molecule has 76 valence electrons. The Balaban J connectivity index is 2.93. The molecule has 1 heterocycles. The van der Waals surface area contributed by atoms with Crippen LogP contribution in [0.15, 0.2) is 16.3 Å². The SMILES string of the molecule is C#C[C@@H](C)NS(=O)(=O)c1ccc(Cl)s1. The molecule has 14 heavy (non-hydrogen) atoms. The minimum Gasteiger partial charge on any atom is -0.206 e. The van der Waals surface area contributed by atoms with Crippen molar-refractivity contribution in [2.24, 2.45) is 0 Å². The van der Waals surface area contributed by atoms with Gasteiger partial charge in [0, 0.05) is 0 Å². The van der Waals surface area contributed by atoms with E-state index in [1.54, 1.807) is 6.92 Å². The van der Waals surface area contributed by atoms with Gasteiger partial charge in [0.2, 0.25) is 0 Å². The van der Waals surface area contributed by atoms with Gasteiger partial charge < -0.3 is 0 Å². The van der Waals surface area contributed by atoms with Crippen molar-refractivity contribution in [3.05, 3.63) is 16.5 Å². The van der Waals surface area contributed by atoms with Crippen LogP contribution in [0.1, 0.15) is 6.92 Å². The van der Waals surface area contributed by atoms with Gasteiger partial charge in [-0.25, -0.2) is 8.42 Å². The van der Waals surface area contributed by atoms with Gasteiger partial charge in [0.15, 0.2) is 0 Å². The van der Waals surface area contributed by atoms with Crippen LogP contribution in [0.25, 0.3) is 0 Å². The number of terminal acetylenes is 1. The molecule has 0 fully saturated rings. The molecule has 0 aliphatic heterocycles. The van der Waals surface area contributed by atoms with Crippen LogP contribution in [0, 0.1) is 12.3 Å². The van der Waals surface area contributed by atoms with Crippen molar-refractivity contribution in [1.29, 1.82) is 0 Å². The Morgan fingerprint density at radius 1 is 1.64 bits per heavy atom. The normalized spacial score (nSPS) is 13.5. The molecule has 1 atom stereocenters. The van der Waals surface area contributed by atoms with Gasteiger partial charge in [-0.05, 0) is 19.1 Å². The summed E-state index contributed by atoms with van der Waals surface area (Å²) in [5.74, 6) is 2.28. The first kappa shape index (κ1) is 11.5. The van der Waals surface area contributed by atoms with E-state index in [0.29, 0.717) is 4.34 Å². The molecule has 0 aliphatic carbocycles. The number of sulfonamides is 1. The number of hydrogen-bond acceptors (Lipinski definition) is 3. The maximum absolute atomic E-state index is 11.6. The van der Waals surface area contributed by atoms with E-state index in [1.807, 2.05) is 0 Å². The number of halogens is 1. The predicted octanol–water partition coefficient (Wildman–Crippen LogP) is 1.70. The van der Waals surface area contributed by atoms with E-state index in [9.17, 15) is 8.42 Å². The lowest BCUT2D eigenvalue weighted by molar-refractivity contribution is 0.580. The molecule has 3 nitrogen and oxygen atoms in total. The number of hydrogen-bond donors (Lipinski definition) is 1. The Morgan fingerprint density at radius 3 is 2.71 bits per heavy atom. The van der Waals surface area contributed by atoms with E-state index in [0.717, 1.165) is 11.3 Å². The van der Waals surface area contributed by atoms with Crippen molar-refractivity contribution >= 4 is 33.0 Å². The first-order valence-corrected chi connectivity index (χ1v) is 6.37. The topological polar surface area (TPSA) is 46.2 Å². The number of nitrogens with one attached hydrogen (secondary N) is 1. The highest BCUT2D eigenvalue weighted by Crippen LogP contribution is 2.25. The molecule has 0 aromatic carbocycles. The molecule has 0 saturated carbocycles. The lowest BCUT2D eigenvalue weighted by atomic mass is 10.4. The zero-order chi connectivity index (χ0) is 10.8. The van der Waals surface area contributed by atoms with Gasteiger partial charge in [-0.15, -0.1) is 17.8 Å². The van der Waals surface area contributed by atoms with Crippen molar-refractivity contribution in [2.75, 3.05) is 0 Å². The average Bonchev–Trinajstić information content (AvgIpc) is 2.51. The van der Waals surface area contributed by atoms with Gasteiger partial charge >= 0.3 is 0 Å². The summed E-state index contributed by atoms with van der Waals surface area (Å²) in [4.78, 5) is 0. The molecule has 0 unspecified atom stereocenters. The van der Waals surface area contributed by atoms with Gasteiger partial charge in [-0.1, -0.05) is 17.5 Å². The summed E-state index contributed by atoms with van der Waals surface area (Å²) in [5.41, 5.74) is 0. The van der Waals surface area contributed by atoms with Crippen LogP contribution in [-0.4, -0.2) is 14.5 Å². The van der Waals surface area contributed by atoms with E-state index in [1.165, 1.54) is 12.1 Å². The Hall–Kier alpha value is -0.540. The van der Waals surface area contributed by atoms with Crippen molar-refractivity contribution in [3.63, 3.8) is 0 Å². The molecule has 1 aromatic heterocycles. The largest absolute Gasteiger partial charge is 0.251 e. The average molecular weight is 250 g/mol. The fourth-order valence-corrected chi connectivity index (χ4v) is 3.43. The second-order valence-electron chi connectivity index (χ2n) is 2.57. The third-order valence-corrected chi connectivity index (χ3v) is 4.66. The van der Waals surface area contributed by atoms with Crippen LogP contribution < -0.4 is 4.72 Å². The molecule has 0 radical (unpaired) electrons. The summed E-state index contributed by atoms with van der Waals surface area (Å²) in [6.45, 7) is 1.59. The fourth-order valence-electron chi connectivity index (χ4n) is 0.767.